The van der Waals surface area contributed by atoms with E-state index in [9.17, 15) is 0 Å². The van der Waals surface area contributed by atoms with Crippen molar-refractivity contribution in [3.63, 3.8) is 0 Å². The molecule has 10 aromatic rings. The summed E-state index contributed by atoms with van der Waals surface area (Å²) in [4.78, 5) is 10.3. The highest BCUT2D eigenvalue weighted by Gasteiger charge is 2.39. The van der Waals surface area contributed by atoms with E-state index in [1.165, 1.54) is 60.1 Å². The normalized spacial score (nSPS) is 12.8. The number of rotatable bonds is 6. The lowest BCUT2D eigenvalue weighted by atomic mass is 9.97. The molecule has 0 spiro atoms. The van der Waals surface area contributed by atoms with Crippen LogP contribution in [-0.2, 0) is 0 Å². The van der Waals surface area contributed by atoms with Crippen LogP contribution in [0.1, 0.15) is 0 Å². The molecule has 0 fully saturated rings. The zero-order chi connectivity index (χ0) is 38.8. The number of fused-ring (bicyclic) bond motifs is 6. The van der Waals surface area contributed by atoms with Gasteiger partial charge in [-0.05, 0) is 74.6 Å². The van der Waals surface area contributed by atoms with E-state index in [0.717, 1.165) is 39.2 Å². The molecule has 274 valence electrons. The molecule has 8 aromatic carbocycles. The SMILES string of the molecule is C[Si]1(C)c2ccccc2-c2cccc(-c3ccccc3-n3c4ccccc4c4cc(-c5cccc(-c6nc(-c7ccccc7)cc(-c7ccccc7)n6)c5)ccc43)c21. The highest BCUT2D eigenvalue weighted by atomic mass is 28.3. The van der Waals surface area contributed by atoms with Crippen molar-refractivity contribution >= 4 is 40.3 Å². The molecule has 0 bridgehead atoms. The van der Waals surface area contributed by atoms with E-state index in [0.29, 0.717) is 5.82 Å². The molecule has 0 amide bonds. The Morgan fingerprint density at radius 3 is 1.67 bits per heavy atom. The maximum Gasteiger partial charge on any atom is 0.160 e. The monoisotopic (exact) mass is 757 g/mol. The summed E-state index contributed by atoms with van der Waals surface area (Å²) < 4.78 is 2.48. The second-order valence-corrected chi connectivity index (χ2v) is 20.1. The second kappa shape index (κ2) is 13.5. The minimum absolute atomic E-state index is 0.707. The Kier molecular flexibility index (Phi) is 7.95. The van der Waals surface area contributed by atoms with E-state index in [1.54, 1.807) is 0 Å². The molecule has 0 unspecified atom stereocenters. The third kappa shape index (κ3) is 5.48. The van der Waals surface area contributed by atoms with Crippen molar-refractivity contribution < 1.29 is 0 Å². The smallest absolute Gasteiger partial charge is 0.160 e. The first-order valence-electron chi connectivity index (χ1n) is 20.0. The van der Waals surface area contributed by atoms with E-state index < -0.39 is 8.07 Å². The summed E-state index contributed by atoms with van der Waals surface area (Å²) in [5, 5.41) is 5.51. The summed E-state index contributed by atoms with van der Waals surface area (Å²) in [5.74, 6) is 0.707. The van der Waals surface area contributed by atoms with Crippen LogP contribution in [0.3, 0.4) is 0 Å². The van der Waals surface area contributed by atoms with Gasteiger partial charge in [0.25, 0.3) is 0 Å². The molecule has 0 saturated heterocycles. The van der Waals surface area contributed by atoms with Crippen molar-refractivity contribution in [3.8, 4) is 73.0 Å². The van der Waals surface area contributed by atoms with Crippen LogP contribution in [0.4, 0.5) is 0 Å². The number of nitrogens with zero attached hydrogens (tertiary/aromatic N) is 3. The standard InChI is InChI=1S/C54H39N3Si/c1-58(2)52-30-14-11-25-43(52)45-27-16-26-44(53(45)58)41-23-9-12-28-49(41)57-50-29-13-10-24-42(50)46-34-39(31-32-51(46)57)38-21-15-22-40(33-38)54-55-47(36-17-5-3-6-18-36)35-48(56-54)37-19-7-4-8-20-37/h3-35H,1-2H3. The predicted molar refractivity (Wildman–Crippen MR) is 246 cm³/mol. The second-order valence-electron chi connectivity index (χ2n) is 15.8. The Hall–Kier alpha value is -7.14. The molecule has 0 saturated carbocycles. The van der Waals surface area contributed by atoms with Gasteiger partial charge in [0.15, 0.2) is 5.82 Å². The molecule has 0 radical (unpaired) electrons. The van der Waals surface area contributed by atoms with Crippen molar-refractivity contribution in [2.45, 2.75) is 13.1 Å². The molecule has 1 aliphatic rings. The van der Waals surface area contributed by atoms with Gasteiger partial charge in [-0.3, -0.25) is 0 Å². The van der Waals surface area contributed by atoms with E-state index in [1.807, 2.05) is 12.1 Å². The van der Waals surface area contributed by atoms with Gasteiger partial charge in [-0.25, -0.2) is 9.97 Å². The zero-order valence-electron chi connectivity index (χ0n) is 32.4. The van der Waals surface area contributed by atoms with E-state index in [-0.39, 0.29) is 0 Å². The predicted octanol–water partition coefficient (Wildman–Crippen LogP) is 12.7. The Morgan fingerprint density at radius 1 is 0.379 bits per heavy atom. The van der Waals surface area contributed by atoms with E-state index in [4.69, 9.17) is 9.97 Å². The molecular formula is C54H39N3Si. The topological polar surface area (TPSA) is 30.7 Å². The van der Waals surface area contributed by atoms with Crippen LogP contribution in [-0.4, -0.2) is 22.6 Å². The molecule has 0 atom stereocenters. The van der Waals surface area contributed by atoms with Crippen molar-refractivity contribution in [1.82, 2.24) is 14.5 Å². The van der Waals surface area contributed by atoms with Crippen molar-refractivity contribution in [3.05, 3.63) is 200 Å². The molecule has 1 aliphatic heterocycles. The number of hydrogen-bond acceptors (Lipinski definition) is 2. The number of para-hydroxylation sites is 2. The fourth-order valence-corrected chi connectivity index (χ4v) is 12.8. The summed E-state index contributed by atoms with van der Waals surface area (Å²) in [6.45, 7) is 5.02. The highest BCUT2D eigenvalue weighted by Crippen LogP contribution is 2.40. The average molecular weight is 758 g/mol. The first-order valence-corrected chi connectivity index (χ1v) is 23.0. The summed E-state index contributed by atoms with van der Waals surface area (Å²) in [7, 11) is -1.96. The van der Waals surface area contributed by atoms with Gasteiger partial charge in [0.1, 0.15) is 8.07 Å². The molecule has 0 aliphatic carbocycles. The lowest BCUT2D eigenvalue weighted by Crippen LogP contribution is -2.50. The van der Waals surface area contributed by atoms with Gasteiger partial charge >= 0.3 is 0 Å². The highest BCUT2D eigenvalue weighted by molar-refractivity contribution is 7.04. The Labute approximate surface area is 339 Å². The van der Waals surface area contributed by atoms with Gasteiger partial charge in [0.2, 0.25) is 0 Å². The van der Waals surface area contributed by atoms with E-state index in [2.05, 4.69) is 206 Å². The quantitative estimate of drug-likeness (QED) is 0.158. The minimum atomic E-state index is -1.96. The summed E-state index contributed by atoms with van der Waals surface area (Å²) >= 11 is 0. The van der Waals surface area contributed by atoms with Crippen LogP contribution < -0.4 is 10.4 Å². The minimum Gasteiger partial charge on any atom is -0.309 e. The van der Waals surface area contributed by atoms with Crippen LogP contribution in [0, 0.1) is 0 Å². The fraction of sp³-hybridized carbons (Fsp3) is 0.0370. The molecule has 11 rings (SSSR count). The third-order valence-electron chi connectivity index (χ3n) is 12.0. The molecule has 3 nitrogen and oxygen atoms in total. The average Bonchev–Trinajstić information content (AvgIpc) is 3.75. The summed E-state index contributed by atoms with van der Waals surface area (Å²) in [5.41, 5.74) is 16.2. The van der Waals surface area contributed by atoms with Crippen LogP contribution in [0.2, 0.25) is 13.1 Å². The third-order valence-corrected chi connectivity index (χ3v) is 15.6. The Bertz CT molecular complexity index is 3140. The van der Waals surface area contributed by atoms with Gasteiger partial charge in [0, 0.05) is 33.0 Å². The Balaban J connectivity index is 1.05. The van der Waals surface area contributed by atoms with Crippen LogP contribution in [0.15, 0.2) is 200 Å². The van der Waals surface area contributed by atoms with Crippen molar-refractivity contribution in [2.75, 3.05) is 0 Å². The molecular weight excluding hydrogens is 719 g/mol. The molecule has 2 aromatic heterocycles. The zero-order valence-corrected chi connectivity index (χ0v) is 33.4. The van der Waals surface area contributed by atoms with Gasteiger partial charge in [-0.1, -0.05) is 177 Å². The van der Waals surface area contributed by atoms with Crippen molar-refractivity contribution in [1.29, 1.82) is 0 Å². The summed E-state index contributed by atoms with van der Waals surface area (Å²) in [6.07, 6.45) is 0. The van der Waals surface area contributed by atoms with Gasteiger partial charge in [-0.2, -0.15) is 0 Å². The van der Waals surface area contributed by atoms with E-state index >= 15 is 0 Å². The molecule has 3 heterocycles. The maximum absolute atomic E-state index is 5.13. The first-order chi connectivity index (χ1) is 28.5. The number of hydrogen-bond donors (Lipinski definition) is 0. The lowest BCUT2D eigenvalue weighted by molar-refractivity contribution is 1.18. The molecule has 4 heteroatoms. The fourth-order valence-electron chi connectivity index (χ4n) is 9.31. The van der Waals surface area contributed by atoms with Gasteiger partial charge in [0.05, 0.1) is 28.1 Å². The summed E-state index contributed by atoms with van der Waals surface area (Å²) in [6, 6.07) is 72.2. The number of aromatic nitrogens is 3. The Morgan fingerprint density at radius 2 is 0.914 bits per heavy atom. The molecule has 0 N–H and O–H groups in total. The number of benzene rings is 8. The van der Waals surface area contributed by atoms with Gasteiger partial charge < -0.3 is 4.57 Å². The van der Waals surface area contributed by atoms with Crippen LogP contribution >= 0.6 is 0 Å². The lowest BCUT2D eigenvalue weighted by Gasteiger charge is -2.24. The van der Waals surface area contributed by atoms with Gasteiger partial charge in [-0.15, -0.1) is 0 Å². The first kappa shape index (κ1) is 34.1. The maximum atomic E-state index is 5.13. The van der Waals surface area contributed by atoms with Crippen LogP contribution in [0.25, 0.3) is 94.8 Å². The largest absolute Gasteiger partial charge is 0.309 e. The molecule has 58 heavy (non-hydrogen) atoms. The van der Waals surface area contributed by atoms with Crippen molar-refractivity contribution in [2.24, 2.45) is 0 Å². The van der Waals surface area contributed by atoms with Crippen LogP contribution in [0.5, 0.6) is 0 Å².